The molecule has 1 aromatic carbocycles. The van der Waals surface area contributed by atoms with Crippen LogP contribution in [0.5, 0.6) is 0 Å². The Morgan fingerprint density at radius 3 is 2.58 bits per heavy atom. The summed E-state index contributed by atoms with van der Waals surface area (Å²) in [5, 5.41) is 5.99. The van der Waals surface area contributed by atoms with E-state index < -0.39 is 0 Å². The standard InChI is InChI=1S/C15H23FN2O/c1-15(2,10-17-3)11-18-14(19)9-8-12-6-4-5-7-13(12)16/h4-7,17H,8-11H2,1-3H3,(H,18,19). The van der Waals surface area contributed by atoms with Crippen LogP contribution in [0, 0.1) is 11.2 Å². The molecule has 0 heterocycles. The molecule has 1 rings (SSSR count). The van der Waals surface area contributed by atoms with Crippen LogP contribution in [0.3, 0.4) is 0 Å². The van der Waals surface area contributed by atoms with E-state index in [2.05, 4.69) is 24.5 Å². The van der Waals surface area contributed by atoms with Crippen molar-refractivity contribution in [1.29, 1.82) is 0 Å². The largest absolute Gasteiger partial charge is 0.356 e. The molecule has 0 aromatic heterocycles. The maximum Gasteiger partial charge on any atom is 0.220 e. The van der Waals surface area contributed by atoms with Crippen molar-refractivity contribution in [3.63, 3.8) is 0 Å². The number of rotatable bonds is 7. The van der Waals surface area contributed by atoms with E-state index in [4.69, 9.17) is 0 Å². The van der Waals surface area contributed by atoms with Crippen LogP contribution in [0.15, 0.2) is 24.3 Å². The summed E-state index contributed by atoms with van der Waals surface area (Å²) in [6.45, 7) is 5.62. The SMILES string of the molecule is CNCC(C)(C)CNC(=O)CCc1ccccc1F. The highest BCUT2D eigenvalue weighted by Gasteiger charge is 2.17. The Bertz CT molecular complexity index is 418. The molecule has 0 saturated heterocycles. The molecule has 0 atom stereocenters. The number of aryl methyl sites for hydroxylation is 1. The maximum atomic E-state index is 13.4. The van der Waals surface area contributed by atoms with Gasteiger partial charge in [-0.15, -0.1) is 0 Å². The van der Waals surface area contributed by atoms with Gasteiger partial charge in [0.05, 0.1) is 0 Å². The van der Waals surface area contributed by atoms with Gasteiger partial charge in [-0.05, 0) is 30.5 Å². The summed E-state index contributed by atoms with van der Waals surface area (Å²) < 4.78 is 13.4. The summed E-state index contributed by atoms with van der Waals surface area (Å²) in [4.78, 5) is 11.7. The van der Waals surface area contributed by atoms with Crippen molar-refractivity contribution in [2.75, 3.05) is 20.1 Å². The fraction of sp³-hybridized carbons (Fsp3) is 0.533. The molecular formula is C15H23FN2O. The highest BCUT2D eigenvalue weighted by atomic mass is 19.1. The third-order valence-electron chi connectivity index (χ3n) is 3.00. The molecule has 0 fully saturated rings. The first-order chi connectivity index (χ1) is 8.94. The van der Waals surface area contributed by atoms with Crippen molar-refractivity contribution < 1.29 is 9.18 Å². The monoisotopic (exact) mass is 266 g/mol. The molecule has 0 unspecified atom stereocenters. The summed E-state index contributed by atoms with van der Waals surface area (Å²) in [6.07, 6.45) is 0.752. The smallest absolute Gasteiger partial charge is 0.220 e. The molecule has 0 saturated carbocycles. The Hall–Kier alpha value is -1.42. The van der Waals surface area contributed by atoms with Crippen LogP contribution in [-0.2, 0) is 11.2 Å². The quantitative estimate of drug-likeness (QED) is 0.793. The first-order valence-electron chi connectivity index (χ1n) is 6.59. The lowest BCUT2D eigenvalue weighted by Crippen LogP contribution is -2.39. The predicted octanol–water partition coefficient (Wildman–Crippen LogP) is 2.12. The van der Waals surface area contributed by atoms with Crippen molar-refractivity contribution in [3.05, 3.63) is 35.6 Å². The van der Waals surface area contributed by atoms with Crippen molar-refractivity contribution >= 4 is 5.91 Å². The van der Waals surface area contributed by atoms with Crippen LogP contribution >= 0.6 is 0 Å². The second-order valence-corrected chi connectivity index (χ2v) is 5.56. The van der Waals surface area contributed by atoms with E-state index in [0.29, 0.717) is 24.9 Å². The lowest BCUT2D eigenvalue weighted by Gasteiger charge is -2.24. The van der Waals surface area contributed by atoms with Crippen molar-refractivity contribution in [2.45, 2.75) is 26.7 Å². The van der Waals surface area contributed by atoms with Gasteiger partial charge in [-0.2, -0.15) is 0 Å². The number of benzene rings is 1. The van der Waals surface area contributed by atoms with Crippen LogP contribution in [0.2, 0.25) is 0 Å². The molecule has 19 heavy (non-hydrogen) atoms. The van der Waals surface area contributed by atoms with Gasteiger partial charge in [0, 0.05) is 19.5 Å². The van der Waals surface area contributed by atoms with E-state index in [1.807, 2.05) is 7.05 Å². The molecular weight excluding hydrogens is 243 g/mol. The molecule has 4 heteroatoms. The number of hydrogen-bond acceptors (Lipinski definition) is 2. The summed E-state index contributed by atoms with van der Waals surface area (Å²) in [7, 11) is 1.89. The van der Waals surface area contributed by atoms with E-state index in [-0.39, 0.29) is 17.1 Å². The zero-order valence-corrected chi connectivity index (χ0v) is 11.9. The second kappa shape index (κ2) is 7.24. The Kier molecular flexibility index (Phi) is 5.96. The van der Waals surface area contributed by atoms with Gasteiger partial charge in [-0.25, -0.2) is 4.39 Å². The molecule has 0 bridgehead atoms. The van der Waals surface area contributed by atoms with Crippen molar-refractivity contribution in [1.82, 2.24) is 10.6 Å². The zero-order valence-electron chi connectivity index (χ0n) is 11.9. The van der Waals surface area contributed by atoms with Crippen molar-refractivity contribution in [2.24, 2.45) is 5.41 Å². The number of hydrogen-bond donors (Lipinski definition) is 2. The Labute approximate surface area is 114 Å². The number of amides is 1. The van der Waals surface area contributed by atoms with Crippen LogP contribution < -0.4 is 10.6 Å². The minimum absolute atomic E-state index is 0.0163. The van der Waals surface area contributed by atoms with Gasteiger partial charge >= 0.3 is 0 Å². The molecule has 2 N–H and O–H groups in total. The fourth-order valence-corrected chi connectivity index (χ4v) is 1.92. The average Bonchev–Trinajstić information content (AvgIpc) is 2.35. The van der Waals surface area contributed by atoms with E-state index in [9.17, 15) is 9.18 Å². The van der Waals surface area contributed by atoms with Crippen molar-refractivity contribution in [3.8, 4) is 0 Å². The minimum atomic E-state index is -0.245. The summed E-state index contributed by atoms with van der Waals surface area (Å²) in [5.41, 5.74) is 0.606. The van der Waals surface area contributed by atoms with E-state index in [0.717, 1.165) is 6.54 Å². The molecule has 0 aliphatic rings. The van der Waals surface area contributed by atoms with Gasteiger partial charge in [0.25, 0.3) is 0 Å². The molecule has 1 aromatic rings. The van der Waals surface area contributed by atoms with Gasteiger partial charge in [-0.1, -0.05) is 32.0 Å². The first-order valence-corrected chi connectivity index (χ1v) is 6.59. The van der Waals surface area contributed by atoms with Gasteiger partial charge in [-0.3, -0.25) is 4.79 Å². The van der Waals surface area contributed by atoms with Crippen LogP contribution in [-0.4, -0.2) is 26.0 Å². The molecule has 3 nitrogen and oxygen atoms in total. The van der Waals surface area contributed by atoms with E-state index in [1.54, 1.807) is 18.2 Å². The Morgan fingerprint density at radius 1 is 1.26 bits per heavy atom. The molecule has 0 radical (unpaired) electrons. The molecule has 0 aliphatic heterocycles. The van der Waals surface area contributed by atoms with E-state index >= 15 is 0 Å². The highest BCUT2D eigenvalue weighted by molar-refractivity contribution is 5.76. The topological polar surface area (TPSA) is 41.1 Å². The molecule has 106 valence electrons. The normalized spacial score (nSPS) is 11.4. The fourth-order valence-electron chi connectivity index (χ4n) is 1.92. The maximum absolute atomic E-state index is 13.4. The Balaban J connectivity index is 2.35. The van der Waals surface area contributed by atoms with Crippen LogP contribution in [0.4, 0.5) is 4.39 Å². The second-order valence-electron chi connectivity index (χ2n) is 5.56. The number of carbonyl (C=O) groups excluding carboxylic acids is 1. The summed E-state index contributed by atoms with van der Waals surface area (Å²) >= 11 is 0. The third-order valence-corrected chi connectivity index (χ3v) is 3.00. The summed E-state index contributed by atoms with van der Waals surface area (Å²) in [5.74, 6) is -0.279. The Morgan fingerprint density at radius 2 is 1.95 bits per heavy atom. The van der Waals surface area contributed by atoms with Gasteiger partial charge in [0.15, 0.2) is 0 Å². The lowest BCUT2D eigenvalue weighted by atomic mass is 9.93. The highest BCUT2D eigenvalue weighted by Crippen LogP contribution is 2.12. The van der Waals surface area contributed by atoms with Gasteiger partial charge in [0.2, 0.25) is 5.91 Å². The van der Waals surface area contributed by atoms with Crippen LogP contribution in [0.1, 0.15) is 25.8 Å². The number of carbonyl (C=O) groups is 1. The number of halogens is 1. The minimum Gasteiger partial charge on any atom is -0.356 e. The average molecular weight is 266 g/mol. The third kappa shape index (κ3) is 5.83. The molecule has 0 spiro atoms. The van der Waals surface area contributed by atoms with E-state index in [1.165, 1.54) is 6.07 Å². The van der Waals surface area contributed by atoms with Gasteiger partial charge in [0.1, 0.15) is 5.82 Å². The zero-order chi connectivity index (χ0) is 14.3. The summed E-state index contributed by atoms with van der Waals surface area (Å²) in [6, 6.07) is 6.57. The predicted molar refractivity (Wildman–Crippen MR) is 75.4 cm³/mol. The van der Waals surface area contributed by atoms with Gasteiger partial charge < -0.3 is 10.6 Å². The first kappa shape index (κ1) is 15.6. The number of nitrogens with one attached hydrogen (secondary N) is 2. The van der Waals surface area contributed by atoms with Crippen LogP contribution in [0.25, 0.3) is 0 Å². The lowest BCUT2D eigenvalue weighted by molar-refractivity contribution is -0.121. The molecule has 1 amide bonds. The molecule has 0 aliphatic carbocycles.